The van der Waals surface area contributed by atoms with Crippen LogP contribution in [0.2, 0.25) is 0 Å². The highest BCUT2D eigenvalue weighted by Crippen LogP contribution is 2.55. The summed E-state index contributed by atoms with van der Waals surface area (Å²) < 4.78 is 75.4. The van der Waals surface area contributed by atoms with Gasteiger partial charge in [0.2, 0.25) is 5.91 Å². The number of hydrogen-bond acceptors (Lipinski definition) is 12. The third kappa shape index (κ3) is 7.88. The third-order valence-electron chi connectivity index (χ3n) is 14.3. The number of aromatic nitrogens is 4. The van der Waals surface area contributed by atoms with Crippen LogP contribution in [0.1, 0.15) is 63.0 Å². The van der Waals surface area contributed by atoms with E-state index in [1.54, 1.807) is 34.8 Å². The molecule has 3 aromatic carbocycles. The molecule has 66 heavy (non-hydrogen) atoms. The van der Waals surface area contributed by atoms with Crippen LogP contribution in [-0.2, 0) is 26.8 Å². The van der Waals surface area contributed by atoms with Gasteiger partial charge in [-0.05, 0) is 106 Å². The van der Waals surface area contributed by atoms with Gasteiger partial charge in [-0.3, -0.25) is 33.8 Å². The summed E-state index contributed by atoms with van der Waals surface area (Å²) >= 11 is 0. The summed E-state index contributed by atoms with van der Waals surface area (Å²) in [6.45, 7) is 3.80. The van der Waals surface area contributed by atoms with Crippen molar-refractivity contribution in [3.8, 4) is 17.6 Å². The lowest BCUT2D eigenvalue weighted by Gasteiger charge is -2.54. The average molecular weight is 926 g/mol. The number of carbonyl (C=O) groups excluding carboxylic acids is 2. The maximum absolute atomic E-state index is 15.8. The molecular formula is C45H49F2N11O7S. The molecule has 21 heteroatoms. The first-order chi connectivity index (χ1) is 31.7. The summed E-state index contributed by atoms with van der Waals surface area (Å²) in [6, 6.07) is 11.6. The molecule has 0 unspecified atom stereocenters. The molecular weight excluding hydrogens is 877 g/mol. The number of fused-ring (bicyclic) bond motifs is 2. The number of anilines is 3. The lowest BCUT2D eigenvalue weighted by molar-refractivity contribution is -0.120. The number of urea groups is 1. The molecule has 0 radical (unpaired) electrons. The number of piperidine rings is 2. The number of methoxy groups -OCH3 is 1. The highest BCUT2D eigenvalue weighted by molar-refractivity contribution is 7.90. The molecule has 5 aromatic rings. The molecule has 346 valence electrons. The summed E-state index contributed by atoms with van der Waals surface area (Å²) in [4.78, 5) is 48.8. The maximum atomic E-state index is 15.8. The van der Waals surface area contributed by atoms with Crippen molar-refractivity contribution in [2.45, 2.75) is 69.6 Å². The van der Waals surface area contributed by atoms with E-state index in [4.69, 9.17) is 9.47 Å². The van der Waals surface area contributed by atoms with Crippen LogP contribution >= 0.6 is 0 Å². The molecule has 18 nitrogen and oxygen atoms in total. The van der Waals surface area contributed by atoms with E-state index in [0.29, 0.717) is 53.5 Å². The van der Waals surface area contributed by atoms with Crippen LogP contribution in [-0.4, -0.2) is 114 Å². The number of imide groups is 1. The van der Waals surface area contributed by atoms with Crippen molar-refractivity contribution >= 4 is 61.1 Å². The number of aryl methyl sites for hydroxylation is 1. The van der Waals surface area contributed by atoms with Crippen LogP contribution in [0, 0.1) is 28.4 Å². The molecule has 0 bridgehead atoms. The zero-order valence-electron chi connectivity index (χ0n) is 36.5. The Morgan fingerprint density at radius 1 is 0.924 bits per heavy atom. The number of amides is 3. The zero-order valence-corrected chi connectivity index (χ0v) is 37.3. The van der Waals surface area contributed by atoms with E-state index in [1.165, 1.54) is 40.6 Å². The van der Waals surface area contributed by atoms with Gasteiger partial charge in [0.15, 0.2) is 17.4 Å². The first-order valence-corrected chi connectivity index (χ1v) is 23.7. The topological polar surface area (TPSA) is 200 Å². The van der Waals surface area contributed by atoms with E-state index in [1.807, 2.05) is 6.07 Å². The zero-order chi connectivity index (χ0) is 46.1. The van der Waals surface area contributed by atoms with Crippen LogP contribution in [0.5, 0.6) is 11.5 Å². The number of ether oxygens (including phenoxy) is 2. The molecule has 4 aliphatic heterocycles. The monoisotopic (exact) mass is 925 g/mol. The largest absolute Gasteiger partial charge is 0.453 e. The number of rotatable bonds is 10. The molecule has 10 rings (SSSR count). The van der Waals surface area contributed by atoms with E-state index in [-0.39, 0.29) is 83.3 Å². The van der Waals surface area contributed by atoms with Crippen molar-refractivity contribution in [2.24, 2.45) is 12.5 Å². The Kier molecular flexibility index (Phi) is 11.2. The minimum Gasteiger partial charge on any atom is -0.453 e. The van der Waals surface area contributed by atoms with E-state index in [2.05, 4.69) is 29.9 Å². The maximum Gasteiger partial charge on any atom is 0.329 e. The van der Waals surface area contributed by atoms with E-state index in [0.717, 1.165) is 57.7 Å². The highest BCUT2D eigenvalue weighted by atomic mass is 32.2. The van der Waals surface area contributed by atoms with Gasteiger partial charge in [-0.2, -0.15) is 23.1 Å². The predicted molar refractivity (Wildman–Crippen MR) is 240 cm³/mol. The van der Waals surface area contributed by atoms with Gasteiger partial charge in [-0.25, -0.2) is 18.6 Å². The SMILES string of the molecule is CO[C@H]1CCN(S(=O)(=O)Nc2ccc(F)c(Oc3ccc4ncn(C5CC6(CCN(C7CCN(c8cc9c(cc8F)c(N8CCC(=O)NC8=O)nn9C)CC7)CC6)C5)c(=O)c4c3)c2C#N)C1. The van der Waals surface area contributed by atoms with Crippen LogP contribution in [0.4, 0.5) is 30.8 Å². The van der Waals surface area contributed by atoms with Crippen molar-refractivity contribution in [3.05, 3.63) is 76.3 Å². The van der Waals surface area contributed by atoms with Gasteiger partial charge in [0.05, 0.1) is 40.2 Å². The Hall–Kier alpha value is -6.21. The quantitative estimate of drug-likeness (QED) is 0.187. The number of halogens is 2. The number of carbonyl (C=O) groups is 2. The molecule has 1 saturated carbocycles. The van der Waals surface area contributed by atoms with Gasteiger partial charge in [-0.15, -0.1) is 0 Å². The van der Waals surface area contributed by atoms with Gasteiger partial charge >= 0.3 is 16.2 Å². The van der Waals surface area contributed by atoms with Gasteiger partial charge in [0.25, 0.3) is 5.56 Å². The van der Waals surface area contributed by atoms with Crippen molar-refractivity contribution in [1.29, 1.82) is 5.26 Å². The fourth-order valence-electron chi connectivity index (χ4n) is 10.6. The molecule has 2 N–H and O–H groups in total. The van der Waals surface area contributed by atoms with Gasteiger partial charge in [0, 0.05) is 70.8 Å². The Balaban J connectivity index is 0.760. The summed E-state index contributed by atoms with van der Waals surface area (Å²) in [5.74, 6) is -1.68. The minimum atomic E-state index is -4.09. The van der Waals surface area contributed by atoms with Crippen LogP contribution in [0.3, 0.4) is 0 Å². The normalized spacial score (nSPS) is 21.1. The molecule has 1 aliphatic carbocycles. The summed E-state index contributed by atoms with van der Waals surface area (Å²) in [6.07, 6.45) is 7.43. The smallest absolute Gasteiger partial charge is 0.329 e. The number of likely N-dealkylation sites (tertiary alicyclic amines) is 1. The number of nitrogens with zero attached hydrogens (tertiary/aromatic N) is 9. The second kappa shape index (κ2) is 16.9. The number of nitrogens with one attached hydrogen (secondary N) is 2. The van der Waals surface area contributed by atoms with Gasteiger partial charge in [0.1, 0.15) is 23.2 Å². The molecule has 1 atom stereocenters. The van der Waals surface area contributed by atoms with Crippen LogP contribution in [0.25, 0.3) is 21.8 Å². The van der Waals surface area contributed by atoms with Crippen molar-refractivity contribution < 1.29 is 36.3 Å². The predicted octanol–water partition coefficient (Wildman–Crippen LogP) is 5.14. The molecule has 2 aromatic heterocycles. The van der Waals surface area contributed by atoms with Crippen molar-refractivity contribution in [1.82, 2.24) is 33.9 Å². The standard InChI is InChI=1S/C45H49F2N11O7S/c1-53-38-21-39(35(47)20-32(38)42(51-53)57-16-10-40(59)50-44(57)61)55-13-7-27(8-14-55)54-17-11-45(12-18-54)22-28(23-45)58-26-49-36-5-3-29(19-31(36)43(58)60)65-41-33(24-48)37(6-4-34(41)46)52-66(62,63)56-15-9-30(25-56)64-2/h3-6,19-21,26-28,30,52H,7-18,22-23,25H2,1-2H3,(H,50,59,61)/t30-/m0/s1. The number of benzene rings is 3. The van der Waals surface area contributed by atoms with E-state index >= 15 is 8.78 Å². The highest BCUT2D eigenvalue weighted by Gasteiger charge is 2.48. The Labute approximate surface area is 378 Å². The molecule has 5 fully saturated rings. The summed E-state index contributed by atoms with van der Waals surface area (Å²) in [5, 5.41) is 17.6. The molecule has 5 aliphatic rings. The molecule has 1 spiro atoms. The third-order valence-corrected chi connectivity index (χ3v) is 15.8. The lowest BCUT2D eigenvalue weighted by atomic mass is 9.60. The minimum absolute atomic E-state index is 0.0418. The fraction of sp³-hybridized carbons (Fsp3) is 0.467. The van der Waals surface area contributed by atoms with Gasteiger partial charge in [-0.1, -0.05) is 0 Å². The van der Waals surface area contributed by atoms with Crippen LogP contribution < -0.4 is 30.1 Å². The average Bonchev–Trinajstić information content (AvgIpc) is 3.92. The summed E-state index contributed by atoms with van der Waals surface area (Å²) in [7, 11) is -0.818. The fourth-order valence-corrected chi connectivity index (χ4v) is 11.8. The number of hydrogen-bond donors (Lipinski definition) is 2. The number of nitriles is 1. The van der Waals surface area contributed by atoms with E-state index < -0.39 is 27.8 Å². The first kappa shape index (κ1) is 43.7. The van der Waals surface area contributed by atoms with Gasteiger partial charge < -0.3 is 19.3 Å². The molecule has 3 amide bonds. The van der Waals surface area contributed by atoms with Crippen molar-refractivity contribution in [2.75, 3.05) is 67.4 Å². The van der Waals surface area contributed by atoms with Crippen molar-refractivity contribution in [3.63, 3.8) is 0 Å². The molecule has 4 saturated heterocycles. The Morgan fingerprint density at radius 3 is 2.41 bits per heavy atom. The second-order valence-corrected chi connectivity index (χ2v) is 19.8. The summed E-state index contributed by atoms with van der Waals surface area (Å²) in [5.41, 5.74) is 0.987. The molecule has 6 heterocycles. The lowest BCUT2D eigenvalue weighted by Crippen LogP contribution is -2.53. The Bertz CT molecular complexity index is 2990. The first-order valence-electron chi connectivity index (χ1n) is 22.2. The van der Waals surface area contributed by atoms with Crippen LogP contribution in [0.15, 0.2) is 53.6 Å². The Morgan fingerprint density at radius 2 is 1.70 bits per heavy atom. The second-order valence-electron chi connectivity index (χ2n) is 18.1. The van der Waals surface area contributed by atoms with E-state index in [9.17, 15) is 28.1 Å².